The number of nitrogens with one attached hydrogen (secondary N) is 1. The molecule has 0 saturated carbocycles. The summed E-state index contributed by atoms with van der Waals surface area (Å²) in [5, 5.41) is 121. The molecule has 96 heavy (non-hydrogen) atoms. The van der Waals surface area contributed by atoms with E-state index in [9.17, 15) is 61.0 Å². The molecule has 0 spiro atoms. The first-order valence-electron chi connectivity index (χ1n) is 36.4. The van der Waals surface area contributed by atoms with Gasteiger partial charge < -0.3 is 89.9 Å². The lowest BCUT2D eigenvalue weighted by Gasteiger charge is -2.48. The minimum Gasteiger partial charge on any atom is -0.394 e. The van der Waals surface area contributed by atoms with Crippen molar-refractivity contribution < 1.29 is 89.4 Å². The van der Waals surface area contributed by atoms with Gasteiger partial charge in [0.2, 0.25) is 5.91 Å². The van der Waals surface area contributed by atoms with Gasteiger partial charge in [-0.05, 0) is 96.3 Å². The van der Waals surface area contributed by atoms with E-state index in [0.717, 1.165) is 116 Å². The van der Waals surface area contributed by atoms with E-state index in [1.165, 1.54) is 70.6 Å². The summed E-state index contributed by atoms with van der Waals surface area (Å²) in [6.45, 7) is 1.58. The molecule has 17 unspecified atom stereocenters. The molecule has 3 aliphatic heterocycles. The van der Waals surface area contributed by atoms with Crippen LogP contribution in [0.25, 0.3) is 0 Å². The van der Waals surface area contributed by atoms with Gasteiger partial charge in [-0.1, -0.05) is 244 Å². The zero-order valence-electron chi connectivity index (χ0n) is 58.0. The first kappa shape index (κ1) is 86.2. The van der Waals surface area contributed by atoms with Crippen LogP contribution < -0.4 is 5.32 Å². The second kappa shape index (κ2) is 56.7. The quantitative estimate of drug-likeness (QED) is 0.0199. The molecule has 3 heterocycles. The molecular weight excluding hydrogens is 1230 g/mol. The summed E-state index contributed by atoms with van der Waals surface area (Å²) in [5.41, 5.74) is 0. The number of amides is 1. The lowest BCUT2D eigenvalue weighted by Crippen LogP contribution is -2.66. The number of unbranched alkanes of at least 4 members (excludes halogenated alkanes) is 18. The Morgan fingerprint density at radius 3 is 1.12 bits per heavy atom. The first-order valence-corrected chi connectivity index (χ1v) is 36.4. The van der Waals surface area contributed by atoms with Crippen LogP contribution in [-0.4, -0.2) is 193 Å². The number of hydrogen-bond acceptors (Lipinski definition) is 18. The van der Waals surface area contributed by atoms with Gasteiger partial charge in [0.05, 0.1) is 38.6 Å². The minimum atomic E-state index is -1.99. The van der Waals surface area contributed by atoms with Crippen LogP contribution in [-0.2, 0) is 33.2 Å². The van der Waals surface area contributed by atoms with Crippen molar-refractivity contribution in [2.24, 2.45) is 0 Å². The van der Waals surface area contributed by atoms with Crippen LogP contribution in [0, 0.1) is 0 Å². The van der Waals surface area contributed by atoms with Crippen molar-refractivity contribution in [3.63, 3.8) is 0 Å². The maximum Gasteiger partial charge on any atom is 0.220 e. The van der Waals surface area contributed by atoms with Crippen LogP contribution in [0.5, 0.6) is 0 Å². The SMILES string of the molecule is CC/C=C\C/C=C\C/C=C\C/C=C\C/C=C\C/C=C\C/C=C\C/C=C\C/C=C\C/C=C\CCCCCCC(=O)NC(COC1OC(CO)C(OC2OC(CO)C(OC3OC(CO)C(O)C(O)C3O)C(O)C2O)C(O)C1O)C(O)/C=C/CCCCCCCCCCCCCCCC. The molecule has 0 radical (unpaired) electrons. The highest BCUT2D eigenvalue weighted by Gasteiger charge is 2.53. The highest BCUT2D eigenvalue weighted by atomic mass is 16.8. The van der Waals surface area contributed by atoms with Crippen LogP contribution in [0.3, 0.4) is 0 Å². The maximum absolute atomic E-state index is 13.4. The fraction of sp³-hybridized carbons (Fsp3) is 0.701. The van der Waals surface area contributed by atoms with Gasteiger partial charge in [0.25, 0.3) is 0 Å². The van der Waals surface area contributed by atoms with E-state index in [4.69, 9.17) is 28.4 Å². The number of carbonyl (C=O) groups excluding carboxylic acids is 1. The summed E-state index contributed by atoms with van der Waals surface area (Å²) in [6, 6.07) is -0.997. The van der Waals surface area contributed by atoms with Crippen molar-refractivity contribution in [2.45, 2.75) is 317 Å². The Bertz CT molecular complexity index is 2260. The Morgan fingerprint density at radius 2 is 0.719 bits per heavy atom. The van der Waals surface area contributed by atoms with E-state index in [-0.39, 0.29) is 18.9 Å². The monoisotopic (exact) mass is 1350 g/mol. The van der Waals surface area contributed by atoms with Crippen molar-refractivity contribution in [1.82, 2.24) is 5.32 Å². The molecule has 1 amide bonds. The summed E-state index contributed by atoms with van der Waals surface area (Å²) in [5.74, 6) is -0.306. The molecule has 0 aromatic carbocycles. The van der Waals surface area contributed by atoms with Gasteiger partial charge >= 0.3 is 0 Å². The minimum absolute atomic E-state index is 0.204. The van der Waals surface area contributed by atoms with Crippen molar-refractivity contribution in [2.75, 3.05) is 26.4 Å². The average Bonchev–Trinajstić information content (AvgIpc) is 0.798. The lowest BCUT2D eigenvalue weighted by molar-refractivity contribution is -0.379. The third-order valence-electron chi connectivity index (χ3n) is 17.2. The van der Waals surface area contributed by atoms with E-state index in [0.29, 0.717) is 6.42 Å². The van der Waals surface area contributed by atoms with Crippen molar-refractivity contribution in [3.05, 3.63) is 134 Å². The molecule has 12 N–H and O–H groups in total. The van der Waals surface area contributed by atoms with E-state index in [1.807, 2.05) is 6.08 Å². The van der Waals surface area contributed by atoms with Gasteiger partial charge in [0.15, 0.2) is 18.9 Å². The molecule has 19 heteroatoms. The van der Waals surface area contributed by atoms with Gasteiger partial charge in [-0.2, -0.15) is 0 Å². The van der Waals surface area contributed by atoms with Crippen LogP contribution in [0.4, 0.5) is 0 Å². The predicted molar refractivity (Wildman–Crippen MR) is 378 cm³/mol. The Balaban J connectivity index is 1.40. The molecule has 0 aliphatic carbocycles. The summed E-state index contributed by atoms with van der Waals surface area (Å²) in [6.07, 6.45) is 52.8. The first-order chi connectivity index (χ1) is 46.8. The van der Waals surface area contributed by atoms with Crippen LogP contribution in [0.15, 0.2) is 134 Å². The predicted octanol–water partition coefficient (Wildman–Crippen LogP) is 10.5. The lowest BCUT2D eigenvalue weighted by atomic mass is 9.96. The standard InChI is InChI=1S/C77H127NO18/c1-3-5-7-9-11-13-15-17-19-21-22-23-24-25-26-27-28-29-30-31-32-33-34-35-36-37-38-39-41-43-45-47-49-51-53-55-65(83)78-60(61(82)54-52-50-48-46-44-42-40-20-18-16-14-12-10-8-6-4-2)59-91-75-71(89)68(86)73(63(57-80)93-75)96-77-72(90)69(87)74(64(58-81)94-77)95-76-70(88)67(85)66(84)62(56-79)92-76/h5,7,11,13,17,19,22-23,25-26,28-29,31-32,34-35,37-38,41,43,52,54,60-64,66-77,79-82,84-90H,3-4,6,8-10,12,14-16,18,20-21,24,27,30,33,36,39-40,42,44-51,53,55-59H2,1-2H3,(H,78,83)/b7-5-,13-11-,19-17-,23-22-,26-25-,29-28-,32-31-,35-34-,38-37-,43-41-,54-52+. The van der Waals surface area contributed by atoms with E-state index in [2.05, 4.69) is 141 Å². The van der Waals surface area contributed by atoms with Gasteiger partial charge in [-0.3, -0.25) is 4.79 Å². The fourth-order valence-corrected chi connectivity index (χ4v) is 11.3. The highest BCUT2D eigenvalue weighted by Crippen LogP contribution is 2.33. The largest absolute Gasteiger partial charge is 0.394 e. The summed E-state index contributed by atoms with van der Waals surface area (Å²) in [4.78, 5) is 13.4. The number of allylic oxidation sites excluding steroid dienone is 21. The summed E-state index contributed by atoms with van der Waals surface area (Å²) >= 11 is 0. The molecule has 3 rings (SSSR count). The third kappa shape index (κ3) is 37.4. The summed E-state index contributed by atoms with van der Waals surface area (Å²) in [7, 11) is 0. The Labute approximate surface area is 575 Å². The summed E-state index contributed by atoms with van der Waals surface area (Å²) < 4.78 is 34.3. The van der Waals surface area contributed by atoms with Gasteiger partial charge in [0, 0.05) is 6.42 Å². The highest BCUT2D eigenvalue weighted by molar-refractivity contribution is 5.76. The van der Waals surface area contributed by atoms with Crippen LogP contribution in [0.1, 0.15) is 213 Å². The molecule has 0 bridgehead atoms. The smallest absolute Gasteiger partial charge is 0.220 e. The second-order valence-corrected chi connectivity index (χ2v) is 25.3. The topological polar surface area (TPSA) is 307 Å². The number of carbonyl (C=O) groups is 1. The molecule has 17 atom stereocenters. The molecular formula is C77H127NO18. The van der Waals surface area contributed by atoms with Gasteiger partial charge in [-0.25, -0.2) is 0 Å². The van der Waals surface area contributed by atoms with Crippen molar-refractivity contribution in [1.29, 1.82) is 0 Å². The van der Waals surface area contributed by atoms with Crippen molar-refractivity contribution in [3.8, 4) is 0 Å². The maximum atomic E-state index is 13.4. The van der Waals surface area contributed by atoms with Crippen molar-refractivity contribution >= 4 is 5.91 Å². The number of aliphatic hydroxyl groups is 11. The van der Waals surface area contributed by atoms with Crippen LogP contribution in [0.2, 0.25) is 0 Å². The normalized spacial score (nSPS) is 27.9. The Morgan fingerprint density at radius 1 is 0.385 bits per heavy atom. The number of rotatable bonds is 54. The Hall–Kier alpha value is -4.07. The van der Waals surface area contributed by atoms with E-state index < -0.39 is 124 Å². The number of aliphatic hydroxyl groups excluding tert-OH is 11. The van der Waals surface area contributed by atoms with E-state index >= 15 is 0 Å². The van der Waals surface area contributed by atoms with Crippen LogP contribution >= 0.6 is 0 Å². The number of hydrogen-bond donors (Lipinski definition) is 12. The van der Waals surface area contributed by atoms with Gasteiger partial charge in [-0.15, -0.1) is 0 Å². The van der Waals surface area contributed by atoms with Gasteiger partial charge in [0.1, 0.15) is 73.2 Å². The molecule has 548 valence electrons. The fourth-order valence-electron chi connectivity index (χ4n) is 11.3. The molecule has 0 aromatic heterocycles. The molecule has 0 aromatic rings. The van der Waals surface area contributed by atoms with E-state index in [1.54, 1.807) is 6.08 Å². The third-order valence-corrected chi connectivity index (χ3v) is 17.2. The average molecular weight is 1350 g/mol. The number of ether oxygens (including phenoxy) is 6. The zero-order chi connectivity index (χ0) is 69.6. The molecule has 3 saturated heterocycles. The Kier molecular flexibility index (Phi) is 50.8. The second-order valence-electron chi connectivity index (χ2n) is 25.3. The molecule has 19 nitrogen and oxygen atoms in total. The molecule has 3 fully saturated rings. The molecule has 3 aliphatic rings. The zero-order valence-corrected chi connectivity index (χ0v) is 58.0.